The van der Waals surface area contributed by atoms with Gasteiger partial charge in [0.25, 0.3) is 0 Å². The van der Waals surface area contributed by atoms with E-state index in [0.717, 1.165) is 39.5 Å². The number of nitriles is 1. The van der Waals surface area contributed by atoms with Gasteiger partial charge in [-0.3, -0.25) is 9.67 Å². The molecule has 24 heavy (non-hydrogen) atoms. The Bertz CT molecular complexity index is 1100. The molecule has 0 aliphatic carbocycles. The molecule has 2 aromatic carbocycles. The fourth-order valence-corrected chi connectivity index (χ4v) is 3.10. The fourth-order valence-electron chi connectivity index (χ4n) is 3.10. The molecule has 0 N–H and O–H groups in total. The van der Waals surface area contributed by atoms with E-state index in [2.05, 4.69) is 36.2 Å². The van der Waals surface area contributed by atoms with Crippen molar-refractivity contribution in [1.82, 2.24) is 14.8 Å². The highest BCUT2D eigenvalue weighted by molar-refractivity contribution is 6.11. The minimum atomic E-state index is 0.652. The lowest BCUT2D eigenvalue weighted by atomic mass is 10.0. The molecule has 2 heterocycles. The molecule has 4 nitrogen and oxygen atoms in total. The average Bonchev–Trinajstić information content (AvgIpc) is 2.98. The number of nitrogens with zero attached hydrogens (tertiary/aromatic N) is 4. The van der Waals surface area contributed by atoms with Crippen LogP contribution < -0.4 is 0 Å². The summed E-state index contributed by atoms with van der Waals surface area (Å²) >= 11 is 0. The number of pyridine rings is 1. The normalized spacial score (nSPS) is 11.0. The highest BCUT2D eigenvalue weighted by Gasteiger charge is 2.15. The van der Waals surface area contributed by atoms with E-state index in [4.69, 9.17) is 10.4 Å². The molecule has 0 saturated carbocycles. The fraction of sp³-hybridized carbons (Fsp3) is 0.150. The van der Waals surface area contributed by atoms with E-state index in [9.17, 15) is 0 Å². The van der Waals surface area contributed by atoms with Gasteiger partial charge in [-0.25, -0.2) is 0 Å². The van der Waals surface area contributed by atoms with Crippen LogP contribution in [0.25, 0.3) is 33.1 Å². The molecule has 0 bridgehead atoms. The van der Waals surface area contributed by atoms with Crippen LogP contribution in [-0.4, -0.2) is 14.8 Å². The molecule has 4 heteroatoms. The van der Waals surface area contributed by atoms with Crippen LogP contribution in [0, 0.1) is 11.3 Å². The first-order chi connectivity index (χ1) is 11.7. The summed E-state index contributed by atoms with van der Waals surface area (Å²) in [5.41, 5.74) is 5.86. The number of hydrogen-bond acceptors (Lipinski definition) is 3. The second kappa shape index (κ2) is 5.47. The van der Waals surface area contributed by atoms with Gasteiger partial charge in [0.05, 0.1) is 28.9 Å². The topological polar surface area (TPSA) is 54.5 Å². The molecule has 0 aliphatic rings. The molecule has 0 saturated heterocycles. The van der Waals surface area contributed by atoms with Gasteiger partial charge in [-0.15, -0.1) is 0 Å². The van der Waals surface area contributed by atoms with E-state index in [1.807, 2.05) is 42.2 Å². The average molecular weight is 312 g/mol. The monoisotopic (exact) mass is 312 g/mol. The largest absolute Gasteiger partial charge is 0.266 e. The van der Waals surface area contributed by atoms with Crippen LogP contribution in [0.2, 0.25) is 0 Å². The Hall–Kier alpha value is -3.19. The summed E-state index contributed by atoms with van der Waals surface area (Å²) in [5.74, 6) is 0. The van der Waals surface area contributed by atoms with Crippen molar-refractivity contribution in [2.45, 2.75) is 13.3 Å². The molecular formula is C20H16N4. The molecule has 116 valence electrons. The van der Waals surface area contributed by atoms with Gasteiger partial charge in [0.2, 0.25) is 0 Å². The van der Waals surface area contributed by atoms with Gasteiger partial charge in [-0.1, -0.05) is 25.1 Å². The van der Waals surface area contributed by atoms with Gasteiger partial charge in [-0.2, -0.15) is 10.4 Å². The van der Waals surface area contributed by atoms with Crippen LogP contribution in [-0.2, 0) is 13.5 Å². The van der Waals surface area contributed by atoms with Crippen LogP contribution >= 0.6 is 0 Å². The Balaban J connectivity index is 2.07. The van der Waals surface area contributed by atoms with E-state index in [1.165, 1.54) is 5.56 Å². The van der Waals surface area contributed by atoms with Gasteiger partial charge in [0.15, 0.2) is 0 Å². The first kappa shape index (κ1) is 14.4. The third-order valence-corrected chi connectivity index (χ3v) is 4.44. The summed E-state index contributed by atoms with van der Waals surface area (Å²) < 4.78 is 1.87. The van der Waals surface area contributed by atoms with Crippen molar-refractivity contribution in [1.29, 1.82) is 5.26 Å². The van der Waals surface area contributed by atoms with Gasteiger partial charge in [0, 0.05) is 23.4 Å². The van der Waals surface area contributed by atoms with Gasteiger partial charge < -0.3 is 0 Å². The van der Waals surface area contributed by atoms with Crippen molar-refractivity contribution in [2.75, 3.05) is 0 Å². The van der Waals surface area contributed by atoms with Crippen molar-refractivity contribution < 1.29 is 0 Å². The van der Waals surface area contributed by atoms with Gasteiger partial charge in [0.1, 0.15) is 5.69 Å². The minimum absolute atomic E-state index is 0.652. The Morgan fingerprint density at radius 1 is 1.12 bits per heavy atom. The van der Waals surface area contributed by atoms with Gasteiger partial charge in [-0.05, 0) is 36.2 Å². The third-order valence-electron chi connectivity index (χ3n) is 4.44. The second-order valence-electron chi connectivity index (χ2n) is 5.88. The standard InChI is InChI=1S/C20H16N4/c1-3-13-6-9-17-16(10-13)19-18(12-22-17)24(2)23-20(19)15-7-4-14(11-21)5-8-15/h4-10,12H,3H2,1-2H3. The molecule has 4 rings (SSSR count). The Kier molecular flexibility index (Phi) is 3.28. The molecule has 4 aromatic rings. The minimum Gasteiger partial charge on any atom is -0.266 e. The van der Waals surface area contributed by atoms with Crippen molar-refractivity contribution in [3.8, 4) is 17.3 Å². The van der Waals surface area contributed by atoms with Crippen LogP contribution in [0.3, 0.4) is 0 Å². The van der Waals surface area contributed by atoms with E-state index in [1.54, 1.807) is 0 Å². The predicted octanol–water partition coefficient (Wildman–Crippen LogP) is 4.22. The summed E-state index contributed by atoms with van der Waals surface area (Å²) in [4.78, 5) is 4.58. The number of hydrogen-bond donors (Lipinski definition) is 0. The molecule has 0 spiro atoms. The smallest absolute Gasteiger partial charge is 0.101 e. The van der Waals surface area contributed by atoms with Crippen LogP contribution in [0.15, 0.2) is 48.7 Å². The van der Waals surface area contributed by atoms with Crippen molar-refractivity contribution >= 4 is 21.8 Å². The Morgan fingerprint density at radius 2 is 1.92 bits per heavy atom. The van der Waals surface area contributed by atoms with Crippen molar-refractivity contribution in [3.63, 3.8) is 0 Å². The first-order valence-corrected chi connectivity index (χ1v) is 7.96. The number of fused-ring (bicyclic) bond motifs is 3. The van der Waals surface area contributed by atoms with E-state index >= 15 is 0 Å². The molecule has 0 amide bonds. The summed E-state index contributed by atoms with van der Waals surface area (Å²) in [6, 6.07) is 16.1. The highest BCUT2D eigenvalue weighted by Crippen LogP contribution is 2.33. The molecular weight excluding hydrogens is 296 g/mol. The maximum absolute atomic E-state index is 9.00. The summed E-state index contributed by atoms with van der Waals surface area (Å²) in [5, 5.41) is 15.9. The zero-order valence-corrected chi connectivity index (χ0v) is 13.6. The molecule has 0 aliphatic heterocycles. The molecule has 0 radical (unpaired) electrons. The van der Waals surface area contributed by atoms with Crippen LogP contribution in [0.1, 0.15) is 18.1 Å². The maximum atomic E-state index is 9.00. The first-order valence-electron chi connectivity index (χ1n) is 7.96. The third kappa shape index (κ3) is 2.14. The molecule has 0 fully saturated rings. The number of rotatable bonds is 2. The number of benzene rings is 2. The lowest BCUT2D eigenvalue weighted by molar-refractivity contribution is 0.799. The van der Waals surface area contributed by atoms with Crippen molar-refractivity contribution in [3.05, 3.63) is 59.8 Å². The van der Waals surface area contributed by atoms with E-state index < -0.39 is 0 Å². The van der Waals surface area contributed by atoms with Gasteiger partial charge >= 0.3 is 0 Å². The van der Waals surface area contributed by atoms with Crippen molar-refractivity contribution in [2.24, 2.45) is 7.05 Å². The molecule has 0 atom stereocenters. The summed E-state index contributed by atoms with van der Waals surface area (Å²) in [7, 11) is 1.94. The summed E-state index contributed by atoms with van der Waals surface area (Å²) in [6.45, 7) is 2.15. The Labute approximate surface area is 140 Å². The van der Waals surface area contributed by atoms with E-state index in [0.29, 0.717) is 5.56 Å². The Morgan fingerprint density at radius 3 is 2.62 bits per heavy atom. The zero-order chi connectivity index (χ0) is 16.7. The molecule has 2 aromatic heterocycles. The van der Waals surface area contributed by atoms with E-state index in [-0.39, 0.29) is 0 Å². The SMILES string of the molecule is CCc1ccc2ncc3c(c(-c4ccc(C#N)cc4)nn3C)c2c1. The maximum Gasteiger partial charge on any atom is 0.101 e. The highest BCUT2D eigenvalue weighted by atomic mass is 15.3. The number of aryl methyl sites for hydroxylation is 2. The van der Waals surface area contributed by atoms with Crippen LogP contribution in [0.5, 0.6) is 0 Å². The lowest BCUT2D eigenvalue weighted by Crippen LogP contribution is -1.90. The second-order valence-corrected chi connectivity index (χ2v) is 5.88. The quantitative estimate of drug-likeness (QED) is 0.557. The predicted molar refractivity (Wildman–Crippen MR) is 95.5 cm³/mol. The zero-order valence-electron chi connectivity index (χ0n) is 13.6. The summed E-state index contributed by atoms with van der Waals surface area (Å²) in [6.07, 6.45) is 2.86. The van der Waals surface area contributed by atoms with Crippen LogP contribution in [0.4, 0.5) is 0 Å². The lowest BCUT2D eigenvalue weighted by Gasteiger charge is -2.04. The molecule has 0 unspecified atom stereocenters. The number of aromatic nitrogens is 3.